The summed E-state index contributed by atoms with van der Waals surface area (Å²) >= 11 is 0. The van der Waals surface area contributed by atoms with Crippen molar-refractivity contribution in [2.75, 3.05) is 0 Å². The molecule has 0 N–H and O–H groups in total. The highest BCUT2D eigenvalue weighted by molar-refractivity contribution is 5.81. The van der Waals surface area contributed by atoms with Crippen molar-refractivity contribution in [3.8, 4) is 17.2 Å². The van der Waals surface area contributed by atoms with Gasteiger partial charge in [-0.1, -0.05) is 35.9 Å². The van der Waals surface area contributed by atoms with Crippen molar-refractivity contribution in [1.82, 2.24) is 0 Å². The molecule has 17 heavy (non-hydrogen) atoms. The van der Waals surface area contributed by atoms with E-state index >= 15 is 0 Å². The van der Waals surface area contributed by atoms with E-state index < -0.39 is 0 Å². The van der Waals surface area contributed by atoms with E-state index in [1.165, 1.54) is 0 Å². The molecule has 0 heterocycles. The Morgan fingerprint density at radius 2 is 2.00 bits per heavy atom. The van der Waals surface area contributed by atoms with Crippen LogP contribution in [0, 0.1) is 18.3 Å². The monoisotopic (exact) mass is 221 g/mol. The molecule has 0 aromatic heterocycles. The summed E-state index contributed by atoms with van der Waals surface area (Å²) < 4.78 is 0. The van der Waals surface area contributed by atoms with Crippen LogP contribution in [0.1, 0.15) is 21.5 Å². The van der Waals surface area contributed by atoms with Gasteiger partial charge in [-0.25, -0.2) is 0 Å². The summed E-state index contributed by atoms with van der Waals surface area (Å²) in [5.41, 5.74) is 4.07. The topological polar surface area (TPSA) is 40.9 Å². The summed E-state index contributed by atoms with van der Waals surface area (Å²) in [5, 5.41) is 9.07. The molecule has 0 radical (unpaired) electrons. The van der Waals surface area contributed by atoms with Gasteiger partial charge >= 0.3 is 0 Å². The van der Waals surface area contributed by atoms with E-state index in [0.29, 0.717) is 11.1 Å². The molecule has 2 aromatic carbocycles. The van der Waals surface area contributed by atoms with E-state index in [-0.39, 0.29) is 0 Å². The minimum absolute atomic E-state index is 0.584. The lowest BCUT2D eigenvalue weighted by atomic mass is 9.97. The highest BCUT2D eigenvalue weighted by Crippen LogP contribution is 2.25. The molecule has 0 saturated heterocycles. The normalized spacial score (nSPS) is 9.65. The van der Waals surface area contributed by atoms with Crippen LogP contribution < -0.4 is 0 Å². The zero-order chi connectivity index (χ0) is 12.3. The minimum Gasteiger partial charge on any atom is -0.298 e. The quantitative estimate of drug-likeness (QED) is 0.730. The Morgan fingerprint density at radius 1 is 1.18 bits per heavy atom. The molecule has 0 atom stereocenters. The average molecular weight is 221 g/mol. The number of carbonyl (C=O) groups is 1. The third kappa shape index (κ3) is 2.24. The molecule has 0 aliphatic heterocycles. The van der Waals surface area contributed by atoms with Gasteiger partial charge in [0, 0.05) is 11.1 Å². The SMILES string of the molecule is Cc1cccc(-c2cc(C=O)ccc2C#N)c1. The van der Waals surface area contributed by atoms with Crippen LogP contribution in [0.15, 0.2) is 42.5 Å². The van der Waals surface area contributed by atoms with Crippen molar-refractivity contribution in [2.24, 2.45) is 0 Å². The molecular weight excluding hydrogens is 210 g/mol. The number of rotatable bonds is 2. The van der Waals surface area contributed by atoms with Crippen molar-refractivity contribution in [3.63, 3.8) is 0 Å². The fourth-order valence-electron chi connectivity index (χ4n) is 1.78. The maximum atomic E-state index is 10.8. The molecule has 0 spiro atoms. The summed E-state index contributed by atoms with van der Waals surface area (Å²) in [6, 6.07) is 15.1. The largest absolute Gasteiger partial charge is 0.298 e. The maximum Gasteiger partial charge on any atom is 0.150 e. The first-order valence-corrected chi connectivity index (χ1v) is 5.31. The Labute approximate surface area is 100 Å². The van der Waals surface area contributed by atoms with Gasteiger partial charge in [0.15, 0.2) is 0 Å². The fraction of sp³-hybridized carbons (Fsp3) is 0.0667. The Hall–Kier alpha value is -2.40. The maximum absolute atomic E-state index is 10.8. The number of hydrogen-bond acceptors (Lipinski definition) is 2. The fourth-order valence-corrected chi connectivity index (χ4v) is 1.78. The van der Waals surface area contributed by atoms with Crippen molar-refractivity contribution in [1.29, 1.82) is 5.26 Å². The Morgan fingerprint density at radius 3 is 2.65 bits per heavy atom. The average Bonchev–Trinajstić information content (AvgIpc) is 2.38. The van der Waals surface area contributed by atoms with Crippen LogP contribution >= 0.6 is 0 Å². The van der Waals surface area contributed by atoms with Crippen molar-refractivity contribution in [3.05, 3.63) is 59.2 Å². The van der Waals surface area contributed by atoms with E-state index in [1.807, 2.05) is 31.2 Å². The van der Waals surface area contributed by atoms with Crippen LogP contribution in [0.5, 0.6) is 0 Å². The van der Waals surface area contributed by atoms with Crippen molar-refractivity contribution >= 4 is 6.29 Å². The van der Waals surface area contributed by atoms with Crippen LogP contribution in [0.25, 0.3) is 11.1 Å². The Balaban J connectivity index is 2.65. The van der Waals surface area contributed by atoms with Gasteiger partial charge in [-0.2, -0.15) is 5.26 Å². The second kappa shape index (κ2) is 4.63. The summed E-state index contributed by atoms with van der Waals surface area (Å²) in [7, 11) is 0. The molecule has 0 amide bonds. The van der Waals surface area contributed by atoms with Gasteiger partial charge in [-0.05, 0) is 24.6 Å². The summed E-state index contributed by atoms with van der Waals surface area (Å²) in [4.78, 5) is 10.8. The predicted octanol–water partition coefficient (Wildman–Crippen LogP) is 3.35. The molecule has 0 unspecified atom stereocenters. The van der Waals surface area contributed by atoms with Crippen molar-refractivity contribution < 1.29 is 4.79 Å². The first kappa shape index (κ1) is 11.1. The van der Waals surface area contributed by atoms with Crippen LogP contribution in [0.3, 0.4) is 0 Å². The van der Waals surface area contributed by atoms with E-state index in [1.54, 1.807) is 18.2 Å². The van der Waals surface area contributed by atoms with Gasteiger partial charge in [-0.3, -0.25) is 4.79 Å². The standard InChI is InChI=1S/C15H11NO/c1-11-3-2-4-13(7-11)15-8-12(10-17)5-6-14(15)9-16/h2-8,10H,1H3. The lowest BCUT2D eigenvalue weighted by molar-refractivity contribution is 0.112. The van der Waals surface area contributed by atoms with E-state index in [9.17, 15) is 4.79 Å². The van der Waals surface area contributed by atoms with Gasteiger partial charge < -0.3 is 0 Å². The molecule has 0 bridgehead atoms. The molecule has 0 aliphatic rings. The molecule has 0 aliphatic carbocycles. The highest BCUT2D eigenvalue weighted by Gasteiger charge is 2.06. The molecule has 2 rings (SSSR count). The van der Waals surface area contributed by atoms with Gasteiger partial charge in [-0.15, -0.1) is 0 Å². The zero-order valence-corrected chi connectivity index (χ0v) is 9.47. The zero-order valence-electron chi connectivity index (χ0n) is 9.47. The molecule has 2 aromatic rings. The predicted molar refractivity (Wildman–Crippen MR) is 66.7 cm³/mol. The molecule has 0 fully saturated rings. The molecule has 2 heteroatoms. The van der Waals surface area contributed by atoms with Gasteiger partial charge in [0.05, 0.1) is 11.6 Å². The molecule has 0 saturated carbocycles. The number of aldehydes is 1. The Kier molecular flexibility index (Phi) is 3.02. The highest BCUT2D eigenvalue weighted by atomic mass is 16.1. The smallest absolute Gasteiger partial charge is 0.150 e. The van der Waals surface area contributed by atoms with Crippen LogP contribution in [0.4, 0.5) is 0 Å². The first-order valence-electron chi connectivity index (χ1n) is 5.31. The van der Waals surface area contributed by atoms with Crippen molar-refractivity contribution in [2.45, 2.75) is 6.92 Å². The third-order valence-electron chi connectivity index (χ3n) is 2.63. The van der Waals surface area contributed by atoms with E-state index in [2.05, 4.69) is 6.07 Å². The number of benzene rings is 2. The van der Waals surface area contributed by atoms with Gasteiger partial charge in [0.25, 0.3) is 0 Å². The summed E-state index contributed by atoms with van der Waals surface area (Å²) in [6.45, 7) is 2.00. The van der Waals surface area contributed by atoms with Crippen LogP contribution in [-0.2, 0) is 0 Å². The number of carbonyl (C=O) groups excluding carboxylic acids is 1. The third-order valence-corrected chi connectivity index (χ3v) is 2.63. The van der Waals surface area contributed by atoms with E-state index in [4.69, 9.17) is 5.26 Å². The second-order valence-electron chi connectivity index (χ2n) is 3.90. The van der Waals surface area contributed by atoms with Gasteiger partial charge in [0.1, 0.15) is 6.29 Å². The molecule has 82 valence electrons. The summed E-state index contributed by atoms with van der Waals surface area (Å²) in [6.07, 6.45) is 0.792. The molecule has 2 nitrogen and oxygen atoms in total. The number of nitrogens with zero attached hydrogens (tertiary/aromatic N) is 1. The lowest BCUT2D eigenvalue weighted by Crippen LogP contribution is -1.88. The Bertz CT molecular complexity index is 609. The van der Waals surface area contributed by atoms with E-state index in [0.717, 1.165) is 23.0 Å². The number of aryl methyl sites for hydroxylation is 1. The lowest BCUT2D eigenvalue weighted by Gasteiger charge is -2.06. The number of nitriles is 1. The van der Waals surface area contributed by atoms with Gasteiger partial charge in [0.2, 0.25) is 0 Å². The van der Waals surface area contributed by atoms with Crippen LogP contribution in [0.2, 0.25) is 0 Å². The minimum atomic E-state index is 0.584. The second-order valence-corrected chi connectivity index (χ2v) is 3.90. The first-order chi connectivity index (χ1) is 8.24. The molecular formula is C15H11NO. The summed E-state index contributed by atoms with van der Waals surface area (Å²) in [5.74, 6) is 0. The van der Waals surface area contributed by atoms with Crippen LogP contribution in [-0.4, -0.2) is 6.29 Å². The number of hydrogen-bond donors (Lipinski definition) is 0.